The predicted molar refractivity (Wildman–Crippen MR) is 98.6 cm³/mol. The molecule has 0 saturated carbocycles. The fourth-order valence-corrected chi connectivity index (χ4v) is 3.41. The van der Waals surface area contributed by atoms with Gasteiger partial charge in [0, 0.05) is 30.9 Å². The van der Waals surface area contributed by atoms with Crippen LogP contribution in [0.4, 0.5) is 0 Å². The Labute approximate surface area is 154 Å². The fourth-order valence-electron chi connectivity index (χ4n) is 3.41. The molecule has 3 rings (SSSR count). The van der Waals surface area contributed by atoms with Crippen molar-refractivity contribution in [3.63, 3.8) is 0 Å². The Morgan fingerprint density at radius 3 is 2.92 bits per heavy atom. The molecular weight excluding hydrogens is 330 g/mol. The summed E-state index contributed by atoms with van der Waals surface area (Å²) in [5.74, 6) is 0.235. The molecular formula is C19H27N5O2. The highest BCUT2D eigenvalue weighted by Gasteiger charge is 2.31. The number of hydrogen-bond donors (Lipinski definition) is 0. The van der Waals surface area contributed by atoms with Crippen LogP contribution in [0.25, 0.3) is 0 Å². The molecule has 1 atom stereocenters. The highest BCUT2D eigenvalue weighted by Crippen LogP contribution is 2.28. The number of fused-ring (bicyclic) bond motifs is 1. The maximum absolute atomic E-state index is 12.5. The molecule has 0 spiro atoms. The van der Waals surface area contributed by atoms with Crippen molar-refractivity contribution in [1.29, 1.82) is 0 Å². The number of carbonyl (C=O) groups excluding carboxylic acids is 1. The number of hydrogen-bond acceptors (Lipinski definition) is 5. The van der Waals surface area contributed by atoms with Crippen molar-refractivity contribution in [1.82, 2.24) is 24.3 Å². The normalized spacial score (nSPS) is 16.8. The molecule has 0 aromatic carbocycles. The van der Waals surface area contributed by atoms with E-state index in [2.05, 4.69) is 9.97 Å². The lowest BCUT2D eigenvalue weighted by atomic mass is 9.99. The smallest absolute Gasteiger partial charge is 0.237 e. The number of pyridine rings is 1. The van der Waals surface area contributed by atoms with Gasteiger partial charge in [-0.3, -0.25) is 9.78 Å². The van der Waals surface area contributed by atoms with E-state index in [-0.39, 0.29) is 11.8 Å². The first-order chi connectivity index (χ1) is 12.4. The second kappa shape index (κ2) is 7.97. The molecule has 7 nitrogen and oxygen atoms in total. The van der Waals surface area contributed by atoms with E-state index < -0.39 is 0 Å². The summed E-state index contributed by atoms with van der Waals surface area (Å²) < 4.78 is 8.00. The van der Waals surface area contributed by atoms with Crippen molar-refractivity contribution >= 4 is 5.91 Å². The van der Waals surface area contributed by atoms with Crippen molar-refractivity contribution in [3.8, 4) is 0 Å². The molecule has 0 fully saturated rings. The summed E-state index contributed by atoms with van der Waals surface area (Å²) in [7, 11) is 5.81. The Kier molecular flexibility index (Phi) is 5.68. The molecule has 0 saturated heterocycles. The van der Waals surface area contributed by atoms with E-state index in [4.69, 9.17) is 4.74 Å². The van der Waals surface area contributed by atoms with Crippen LogP contribution in [0, 0.1) is 6.92 Å². The predicted octanol–water partition coefficient (Wildman–Crippen LogP) is 1.33. The van der Waals surface area contributed by atoms with Crippen molar-refractivity contribution < 1.29 is 9.53 Å². The van der Waals surface area contributed by atoms with Gasteiger partial charge in [0.15, 0.2) is 0 Å². The second-order valence-corrected chi connectivity index (χ2v) is 7.18. The number of aromatic nitrogens is 3. The summed E-state index contributed by atoms with van der Waals surface area (Å²) in [4.78, 5) is 25.2. The summed E-state index contributed by atoms with van der Waals surface area (Å²) in [6.07, 6.45) is 1.82. The second-order valence-electron chi connectivity index (χ2n) is 7.18. The van der Waals surface area contributed by atoms with Gasteiger partial charge in [0.25, 0.3) is 0 Å². The molecule has 0 aliphatic carbocycles. The van der Waals surface area contributed by atoms with E-state index in [9.17, 15) is 4.79 Å². The third-order valence-corrected chi connectivity index (χ3v) is 4.55. The van der Waals surface area contributed by atoms with E-state index in [1.807, 2.05) is 67.0 Å². The molecule has 1 aliphatic heterocycles. The van der Waals surface area contributed by atoms with Gasteiger partial charge in [-0.1, -0.05) is 6.07 Å². The van der Waals surface area contributed by atoms with Crippen molar-refractivity contribution in [3.05, 3.63) is 47.3 Å². The van der Waals surface area contributed by atoms with Crippen LogP contribution in [0.1, 0.15) is 28.7 Å². The molecule has 0 bridgehead atoms. The standard InChI is InChI=1S/C19H27N5O2/c1-14-6-5-7-16(21-14)12-26-11-15-8-24(18(25)10-22(2)3)9-17-19(15)23(4)13-20-17/h5-7,13,15H,8-12H2,1-4H3. The lowest BCUT2D eigenvalue weighted by Gasteiger charge is -2.33. The van der Waals surface area contributed by atoms with Crippen molar-refractivity contribution in [2.75, 3.05) is 33.8 Å². The molecule has 0 N–H and O–H groups in total. The molecule has 2 aromatic rings. The first-order valence-corrected chi connectivity index (χ1v) is 8.87. The highest BCUT2D eigenvalue weighted by molar-refractivity contribution is 5.78. The monoisotopic (exact) mass is 357 g/mol. The van der Waals surface area contributed by atoms with E-state index in [0.717, 1.165) is 22.8 Å². The quantitative estimate of drug-likeness (QED) is 0.780. The van der Waals surface area contributed by atoms with Gasteiger partial charge in [-0.15, -0.1) is 0 Å². The fraction of sp³-hybridized carbons (Fsp3) is 0.526. The molecule has 26 heavy (non-hydrogen) atoms. The van der Waals surface area contributed by atoms with Crippen molar-refractivity contribution in [2.24, 2.45) is 7.05 Å². The van der Waals surface area contributed by atoms with Gasteiger partial charge in [0.1, 0.15) is 0 Å². The summed E-state index contributed by atoms with van der Waals surface area (Å²) >= 11 is 0. The molecule has 0 radical (unpaired) electrons. The van der Waals surface area contributed by atoms with Crippen LogP contribution in [0.5, 0.6) is 0 Å². The topological polar surface area (TPSA) is 63.5 Å². The molecule has 7 heteroatoms. The lowest BCUT2D eigenvalue weighted by Crippen LogP contribution is -2.43. The average molecular weight is 357 g/mol. The van der Waals surface area contributed by atoms with E-state index in [0.29, 0.717) is 32.8 Å². The van der Waals surface area contributed by atoms with E-state index in [1.165, 1.54) is 0 Å². The minimum Gasteiger partial charge on any atom is -0.374 e. The molecule has 1 amide bonds. The zero-order valence-electron chi connectivity index (χ0n) is 16.0. The zero-order chi connectivity index (χ0) is 18.7. The maximum Gasteiger partial charge on any atom is 0.237 e. The van der Waals surface area contributed by atoms with Gasteiger partial charge in [-0.2, -0.15) is 0 Å². The SMILES string of the molecule is Cc1cccc(COCC2CN(C(=O)CN(C)C)Cc3ncn(C)c32)n1. The number of ether oxygens (including phenoxy) is 1. The number of rotatable bonds is 6. The van der Waals surface area contributed by atoms with E-state index in [1.54, 1.807) is 0 Å². The largest absolute Gasteiger partial charge is 0.374 e. The molecule has 140 valence electrons. The Morgan fingerprint density at radius 1 is 1.38 bits per heavy atom. The van der Waals surface area contributed by atoms with Crippen LogP contribution in [0.2, 0.25) is 0 Å². The Morgan fingerprint density at radius 2 is 2.19 bits per heavy atom. The molecule has 3 heterocycles. The Hall–Kier alpha value is -2.25. The third-order valence-electron chi connectivity index (χ3n) is 4.55. The Bertz CT molecular complexity index is 771. The van der Waals surface area contributed by atoms with Crippen LogP contribution in [0.15, 0.2) is 24.5 Å². The summed E-state index contributed by atoms with van der Waals surface area (Å²) in [6.45, 7) is 4.61. The number of amides is 1. The number of likely N-dealkylation sites (N-methyl/N-ethyl adjacent to an activating group) is 1. The number of imidazole rings is 1. The molecule has 1 unspecified atom stereocenters. The summed E-state index contributed by atoms with van der Waals surface area (Å²) in [5.41, 5.74) is 4.04. The number of aryl methyl sites for hydroxylation is 2. The summed E-state index contributed by atoms with van der Waals surface area (Å²) in [5, 5.41) is 0. The number of nitrogens with zero attached hydrogens (tertiary/aromatic N) is 5. The minimum atomic E-state index is 0.113. The number of carbonyl (C=O) groups is 1. The van der Waals surface area contributed by atoms with E-state index >= 15 is 0 Å². The van der Waals surface area contributed by atoms with Crippen molar-refractivity contribution in [2.45, 2.75) is 26.0 Å². The van der Waals surface area contributed by atoms with Gasteiger partial charge >= 0.3 is 0 Å². The summed E-state index contributed by atoms with van der Waals surface area (Å²) in [6, 6.07) is 5.93. The van der Waals surface area contributed by atoms with Crippen LogP contribution >= 0.6 is 0 Å². The first kappa shape index (κ1) is 18.5. The van der Waals surface area contributed by atoms with Gasteiger partial charge < -0.3 is 19.1 Å². The van der Waals surface area contributed by atoms with Crippen LogP contribution in [0.3, 0.4) is 0 Å². The van der Waals surface area contributed by atoms with Gasteiger partial charge in [0.2, 0.25) is 5.91 Å². The van der Waals surface area contributed by atoms with Gasteiger partial charge in [-0.05, 0) is 33.2 Å². The van der Waals surface area contributed by atoms with Crippen LogP contribution in [-0.4, -0.2) is 64.0 Å². The lowest BCUT2D eigenvalue weighted by molar-refractivity contribution is -0.133. The maximum atomic E-state index is 12.5. The minimum absolute atomic E-state index is 0.113. The highest BCUT2D eigenvalue weighted by atomic mass is 16.5. The van der Waals surface area contributed by atoms with Crippen LogP contribution in [-0.2, 0) is 29.7 Å². The molecule has 1 aliphatic rings. The molecule has 2 aromatic heterocycles. The zero-order valence-corrected chi connectivity index (χ0v) is 16.0. The average Bonchev–Trinajstić information content (AvgIpc) is 2.95. The third kappa shape index (κ3) is 4.28. The van der Waals surface area contributed by atoms with Gasteiger partial charge in [-0.25, -0.2) is 4.98 Å². The van der Waals surface area contributed by atoms with Gasteiger partial charge in [0.05, 0.1) is 44.0 Å². The Balaban J connectivity index is 1.68. The van der Waals surface area contributed by atoms with Crippen LogP contribution < -0.4 is 0 Å². The first-order valence-electron chi connectivity index (χ1n) is 8.87.